The lowest BCUT2D eigenvalue weighted by molar-refractivity contribution is -0.137. The summed E-state index contributed by atoms with van der Waals surface area (Å²) < 4.78 is 37.4. The van der Waals surface area contributed by atoms with Crippen molar-refractivity contribution in [2.24, 2.45) is 0 Å². The molecule has 2 aromatic carbocycles. The van der Waals surface area contributed by atoms with E-state index in [1.54, 1.807) is 0 Å². The summed E-state index contributed by atoms with van der Waals surface area (Å²) in [5.41, 5.74) is 4.21. The molecule has 122 valence electrons. The first-order valence-electron chi connectivity index (χ1n) is 6.06. The van der Waals surface area contributed by atoms with Crippen molar-refractivity contribution in [1.82, 2.24) is 5.43 Å². The normalized spacial score (nSPS) is 11.2. The summed E-state index contributed by atoms with van der Waals surface area (Å²) in [5, 5.41) is 0.671. The van der Waals surface area contributed by atoms with Gasteiger partial charge in [-0.05, 0) is 36.4 Å². The Kier molecular flexibility index (Phi) is 5.29. The van der Waals surface area contributed by atoms with Crippen LogP contribution in [0.25, 0.3) is 0 Å². The highest BCUT2D eigenvalue weighted by atomic mass is 35.5. The van der Waals surface area contributed by atoms with E-state index < -0.39 is 17.6 Å². The molecule has 0 radical (unpaired) electrons. The first-order chi connectivity index (χ1) is 10.7. The number of benzene rings is 2. The van der Waals surface area contributed by atoms with Gasteiger partial charge in [0.1, 0.15) is 0 Å². The fourth-order valence-corrected chi connectivity index (χ4v) is 2.58. The van der Waals surface area contributed by atoms with E-state index in [0.717, 1.165) is 24.3 Å². The van der Waals surface area contributed by atoms with Crippen LogP contribution in [0.4, 0.5) is 18.9 Å². The highest BCUT2D eigenvalue weighted by molar-refractivity contribution is 6.41. The molecule has 0 atom stereocenters. The Morgan fingerprint density at radius 2 is 1.48 bits per heavy atom. The third-order valence-corrected chi connectivity index (χ3v) is 3.60. The number of rotatable bonds is 3. The Morgan fingerprint density at radius 1 is 0.957 bits per heavy atom. The average Bonchev–Trinajstić information content (AvgIpc) is 2.45. The molecule has 0 fully saturated rings. The SMILES string of the molecule is O=C(NNc1c(Cl)cc(Cl)cc1Cl)c1ccc(C(F)(F)F)cc1. The molecule has 0 unspecified atom stereocenters. The van der Waals surface area contributed by atoms with Gasteiger partial charge in [-0.15, -0.1) is 0 Å². The van der Waals surface area contributed by atoms with Gasteiger partial charge in [0.25, 0.3) is 5.91 Å². The van der Waals surface area contributed by atoms with Gasteiger partial charge >= 0.3 is 6.18 Å². The Labute approximate surface area is 144 Å². The fraction of sp³-hybridized carbons (Fsp3) is 0.0714. The first kappa shape index (κ1) is 17.7. The summed E-state index contributed by atoms with van der Waals surface area (Å²) in [5.74, 6) is -0.652. The lowest BCUT2D eigenvalue weighted by Crippen LogP contribution is -2.29. The van der Waals surface area contributed by atoms with Crippen LogP contribution in [-0.4, -0.2) is 5.91 Å². The van der Waals surface area contributed by atoms with Crippen molar-refractivity contribution in [1.29, 1.82) is 0 Å². The van der Waals surface area contributed by atoms with Crippen LogP contribution in [0.5, 0.6) is 0 Å². The number of anilines is 1. The molecule has 0 bridgehead atoms. The second-order valence-corrected chi connectivity index (χ2v) is 5.65. The molecule has 0 aliphatic rings. The Hall–Kier alpha value is -1.63. The number of carbonyl (C=O) groups is 1. The van der Waals surface area contributed by atoms with Crippen molar-refractivity contribution in [2.75, 3.05) is 5.43 Å². The standard InChI is InChI=1S/C14H8Cl3F3N2O/c15-9-5-10(16)12(11(17)6-9)21-22-13(23)7-1-3-8(4-2-7)14(18,19)20/h1-6,21H,(H,22,23). The molecule has 1 amide bonds. The maximum atomic E-state index is 12.5. The van der Waals surface area contributed by atoms with Gasteiger partial charge in [0, 0.05) is 10.6 Å². The largest absolute Gasteiger partial charge is 0.416 e. The van der Waals surface area contributed by atoms with Crippen LogP contribution in [0.1, 0.15) is 15.9 Å². The molecule has 0 aromatic heterocycles. The number of hydrazine groups is 1. The Balaban J connectivity index is 2.09. The summed E-state index contributed by atoms with van der Waals surface area (Å²) >= 11 is 17.6. The molecule has 0 heterocycles. The quantitative estimate of drug-likeness (QED) is 0.695. The van der Waals surface area contributed by atoms with Gasteiger partial charge in [0.2, 0.25) is 0 Å². The van der Waals surface area contributed by atoms with Crippen LogP contribution in [-0.2, 0) is 6.18 Å². The fourth-order valence-electron chi connectivity index (χ4n) is 1.66. The lowest BCUT2D eigenvalue weighted by atomic mass is 10.1. The smallest absolute Gasteiger partial charge is 0.295 e. The van der Waals surface area contributed by atoms with Gasteiger partial charge in [-0.25, -0.2) is 0 Å². The van der Waals surface area contributed by atoms with Crippen LogP contribution >= 0.6 is 34.8 Å². The van der Waals surface area contributed by atoms with Crippen molar-refractivity contribution in [3.05, 3.63) is 62.6 Å². The topological polar surface area (TPSA) is 41.1 Å². The van der Waals surface area contributed by atoms with Gasteiger partial charge in [-0.1, -0.05) is 34.8 Å². The maximum absolute atomic E-state index is 12.5. The summed E-state index contributed by atoms with van der Waals surface area (Å²) in [6.45, 7) is 0. The number of nitrogens with one attached hydrogen (secondary N) is 2. The van der Waals surface area contributed by atoms with E-state index in [9.17, 15) is 18.0 Å². The highest BCUT2D eigenvalue weighted by Gasteiger charge is 2.30. The number of amides is 1. The lowest BCUT2D eigenvalue weighted by Gasteiger charge is -2.12. The van der Waals surface area contributed by atoms with Gasteiger partial charge in [-0.3, -0.25) is 15.6 Å². The van der Waals surface area contributed by atoms with Crippen molar-refractivity contribution in [2.45, 2.75) is 6.18 Å². The monoisotopic (exact) mass is 382 g/mol. The molecule has 2 rings (SSSR count). The zero-order valence-electron chi connectivity index (χ0n) is 11.1. The minimum absolute atomic E-state index is 0.0340. The second-order valence-electron chi connectivity index (χ2n) is 4.40. The van der Waals surface area contributed by atoms with Crippen molar-refractivity contribution >= 4 is 46.4 Å². The number of halogens is 6. The predicted molar refractivity (Wildman–Crippen MR) is 84.0 cm³/mol. The minimum Gasteiger partial charge on any atom is -0.295 e. The number of carbonyl (C=O) groups excluding carboxylic acids is 1. The molecule has 23 heavy (non-hydrogen) atoms. The van der Waals surface area contributed by atoms with Crippen LogP contribution in [0.15, 0.2) is 36.4 Å². The molecule has 2 aromatic rings. The molecular weight excluding hydrogens is 376 g/mol. The van der Waals surface area contributed by atoms with E-state index in [4.69, 9.17) is 34.8 Å². The minimum atomic E-state index is -4.46. The molecule has 0 spiro atoms. The molecule has 3 nitrogen and oxygen atoms in total. The van der Waals surface area contributed by atoms with Crippen LogP contribution in [0.3, 0.4) is 0 Å². The summed E-state index contributed by atoms with van der Waals surface area (Å²) in [7, 11) is 0. The molecular formula is C14H8Cl3F3N2O. The van der Waals surface area contributed by atoms with E-state index in [1.165, 1.54) is 12.1 Å². The molecule has 9 heteroatoms. The number of hydrogen-bond acceptors (Lipinski definition) is 2. The Morgan fingerprint density at radius 3 is 1.96 bits per heavy atom. The Bertz CT molecular complexity index is 710. The van der Waals surface area contributed by atoms with Crippen LogP contribution in [0.2, 0.25) is 15.1 Å². The van der Waals surface area contributed by atoms with Crippen molar-refractivity contribution in [3.8, 4) is 0 Å². The van der Waals surface area contributed by atoms with Gasteiger partial charge in [0.15, 0.2) is 0 Å². The third kappa shape index (κ3) is 4.43. The highest BCUT2D eigenvalue weighted by Crippen LogP contribution is 2.33. The average molecular weight is 384 g/mol. The first-order valence-corrected chi connectivity index (χ1v) is 7.20. The zero-order chi connectivity index (χ0) is 17.2. The van der Waals surface area contributed by atoms with E-state index >= 15 is 0 Å². The van der Waals surface area contributed by atoms with Gasteiger partial charge < -0.3 is 0 Å². The molecule has 0 aliphatic carbocycles. The van der Waals surface area contributed by atoms with Crippen molar-refractivity contribution < 1.29 is 18.0 Å². The summed E-state index contributed by atoms with van der Waals surface area (Å²) in [4.78, 5) is 11.9. The molecule has 0 saturated carbocycles. The van der Waals surface area contributed by atoms with Gasteiger partial charge in [-0.2, -0.15) is 13.2 Å². The summed E-state index contributed by atoms with van der Waals surface area (Å²) in [6, 6.07) is 6.59. The molecule has 0 aliphatic heterocycles. The number of hydrogen-bond donors (Lipinski definition) is 2. The van der Waals surface area contributed by atoms with E-state index in [0.29, 0.717) is 5.02 Å². The second kappa shape index (κ2) is 6.86. The van der Waals surface area contributed by atoms with Crippen LogP contribution < -0.4 is 10.9 Å². The number of alkyl halides is 3. The zero-order valence-corrected chi connectivity index (χ0v) is 13.4. The summed E-state index contributed by atoms with van der Waals surface area (Å²) in [6.07, 6.45) is -4.46. The molecule has 2 N–H and O–H groups in total. The van der Waals surface area contributed by atoms with Crippen LogP contribution in [0, 0.1) is 0 Å². The van der Waals surface area contributed by atoms with Crippen molar-refractivity contribution in [3.63, 3.8) is 0 Å². The maximum Gasteiger partial charge on any atom is 0.416 e. The van der Waals surface area contributed by atoms with Gasteiger partial charge in [0.05, 0.1) is 21.3 Å². The van der Waals surface area contributed by atoms with E-state index in [-0.39, 0.29) is 21.3 Å². The van der Waals surface area contributed by atoms with E-state index in [2.05, 4.69) is 10.9 Å². The third-order valence-electron chi connectivity index (χ3n) is 2.78. The molecule has 0 saturated heterocycles. The van der Waals surface area contributed by atoms with E-state index in [1.807, 2.05) is 0 Å². The predicted octanol–water partition coefficient (Wildman–Crippen LogP) is 5.42.